The summed E-state index contributed by atoms with van der Waals surface area (Å²) >= 11 is 5.66. The number of hydrogen-bond donors (Lipinski definition) is 3. The van der Waals surface area contributed by atoms with Crippen molar-refractivity contribution >= 4 is 28.9 Å². The molecule has 0 aromatic heterocycles. The maximum atomic E-state index is 10.7. The molecule has 0 aliphatic heterocycles. The molecule has 68 valence electrons. The number of nitrogens with two attached hydrogens (primary N) is 2. The maximum absolute atomic E-state index is 10.7. The lowest BCUT2D eigenvalue weighted by Gasteiger charge is -2.04. The van der Waals surface area contributed by atoms with Crippen molar-refractivity contribution in [2.75, 3.05) is 5.73 Å². The van der Waals surface area contributed by atoms with Gasteiger partial charge in [0.2, 0.25) is 0 Å². The highest BCUT2D eigenvalue weighted by Crippen LogP contribution is 2.17. The zero-order chi connectivity index (χ0) is 10.0. The van der Waals surface area contributed by atoms with Crippen LogP contribution in [0, 0.1) is 5.41 Å². The molecule has 4 nitrogen and oxygen atoms in total. The minimum Gasteiger partial charge on any atom is -0.398 e. The topological polar surface area (TPSA) is 93.0 Å². The van der Waals surface area contributed by atoms with E-state index in [2.05, 4.69) is 0 Å². The van der Waals surface area contributed by atoms with E-state index in [0.29, 0.717) is 10.7 Å². The number of nitrogen functional groups attached to an aromatic ring is 1. The Morgan fingerprint density at radius 2 is 2.08 bits per heavy atom. The van der Waals surface area contributed by atoms with Gasteiger partial charge in [-0.25, -0.2) is 0 Å². The van der Waals surface area contributed by atoms with Crippen molar-refractivity contribution < 1.29 is 4.79 Å². The second-order valence-electron chi connectivity index (χ2n) is 2.47. The number of rotatable bonds is 2. The van der Waals surface area contributed by atoms with Gasteiger partial charge in [-0.1, -0.05) is 11.6 Å². The molecule has 0 radical (unpaired) electrons. The Morgan fingerprint density at radius 1 is 1.46 bits per heavy atom. The van der Waals surface area contributed by atoms with Gasteiger partial charge in [-0.2, -0.15) is 0 Å². The van der Waals surface area contributed by atoms with Gasteiger partial charge in [0.15, 0.2) is 0 Å². The number of benzene rings is 1. The van der Waals surface area contributed by atoms with E-state index in [1.54, 1.807) is 6.07 Å². The van der Waals surface area contributed by atoms with Crippen LogP contribution in [0.25, 0.3) is 0 Å². The highest BCUT2D eigenvalue weighted by molar-refractivity contribution is 6.45. The van der Waals surface area contributed by atoms with Crippen LogP contribution in [0.3, 0.4) is 0 Å². The van der Waals surface area contributed by atoms with Gasteiger partial charge >= 0.3 is 0 Å². The Morgan fingerprint density at radius 3 is 2.62 bits per heavy atom. The Labute approximate surface area is 80.0 Å². The number of halogens is 1. The van der Waals surface area contributed by atoms with Crippen LogP contribution in [0.2, 0.25) is 5.02 Å². The average Bonchev–Trinajstić information content (AvgIpc) is 2.08. The molecule has 0 saturated heterocycles. The number of anilines is 1. The van der Waals surface area contributed by atoms with Gasteiger partial charge in [0.1, 0.15) is 5.71 Å². The molecule has 0 saturated carbocycles. The molecule has 0 spiro atoms. The predicted octanol–water partition coefficient (Wildman–Crippen LogP) is 0.775. The molecule has 0 aliphatic carbocycles. The summed E-state index contributed by atoms with van der Waals surface area (Å²) < 4.78 is 0. The molecule has 1 amide bonds. The fourth-order valence-electron chi connectivity index (χ4n) is 0.878. The maximum Gasteiger partial charge on any atom is 0.267 e. The summed E-state index contributed by atoms with van der Waals surface area (Å²) in [5.74, 6) is -0.825. The average molecular weight is 198 g/mol. The molecule has 0 heterocycles. The van der Waals surface area contributed by atoms with Crippen molar-refractivity contribution in [2.45, 2.75) is 0 Å². The van der Waals surface area contributed by atoms with Crippen molar-refractivity contribution in [1.82, 2.24) is 0 Å². The quantitative estimate of drug-likeness (QED) is 0.483. The molecule has 0 fully saturated rings. The Kier molecular flexibility index (Phi) is 2.53. The van der Waals surface area contributed by atoms with Gasteiger partial charge in [0.25, 0.3) is 5.91 Å². The molecular weight excluding hydrogens is 190 g/mol. The number of carbonyl (C=O) groups is 1. The summed E-state index contributed by atoms with van der Waals surface area (Å²) in [6.07, 6.45) is 0. The van der Waals surface area contributed by atoms with Crippen LogP contribution in [0.5, 0.6) is 0 Å². The van der Waals surface area contributed by atoms with E-state index in [-0.39, 0.29) is 11.3 Å². The summed E-state index contributed by atoms with van der Waals surface area (Å²) in [6, 6.07) is 4.54. The van der Waals surface area contributed by atoms with Gasteiger partial charge in [0, 0.05) is 16.3 Å². The number of hydrogen-bond acceptors (Lipinski definition) is 3. The Balaban J connectivity index is 3.21. The lowest BCUT2D eigenvalue weighted by molar-refractivity contribution is -0.112. The minimum absolute atomic E-state index is 0.264. The summed E-state index contributed by atoms with van der Waals surface area (Å²) in [4.78, 5) is 10.7. The lowest BCUT2D eigenvalue weighted by Crippen LogP contribution is -2.24. The van der Waals surface area contributed by atoms with Crippen molar-refractivity contribution in [2.24, 2.45) is 5.73 Å². The van der Waals surface area contributed by atoms with Crippen LogP contribution in [0.15, 0.2) is 18.2 Å². The largest absolute Gasteiger partial charge is 0.398 e. The predicted molar refractivity (Wildman–Crippen MR) is 51.9 cm³/mol. The molecule has 13 heavy (non-hydrogen) atoms. The second-order valence-corrected chi connectivity index (χ2v) is 2.91. The monoisotopic (exact) mass is 197 g/mol. The Bertz CT molecular complexity index is 376. The van der Waals surface area contributed by atoms with Crippen molar-refractivity contribution in [3.8, 4) is 0 Å². The third-order valence-corrected chi connectivity index (χ3v) is 1.77. The molecule has 1 aromatic carbocycles. The van der Waals surface area contributed by atoms with Crippen molar-refractivity contribution in [3.05, 3.63) is 28.8 Å². The zero-order valence-electron chi connectivity index (χ0n) is 6.67. The fourth-order valence-corrected chi connectivity index (χ4v) is 1.05. The summed E-state index contributed by atoms with van der Waals surface area (Å²) in [5, 5.41) is 7.72. The molecule has 0 atom stereocenters. The van der Waals surface area contributed by atoms with Crippen LogP contribution in [0.4, 0.5) is 5.69 Å². The minimum atomic E-state index is -0.825. The summed E-state index contributed by atoms with van der Waals surface area (Å²) in [5.41, 5.74) is 10.7. The number of carbonyl (C=O) groups excluding carboxylic acids is 1. The molecule has 0 aliphatic rings. The van der Waals surface area contributed by atoms with Crippen LogP contribution in [0.1, 0.15) is 5.56 Å². The third kappa shape index (κ3) is 1.97. The summed E-state index contributed by atoms with van der Waals surface area (Å²) in [7, 11) is 0. The summed E-state index contributed by atoms with van der Waals surface area (Å²) in [6.45, 7) is 0. The first-order valence-corrected chi connectivity index (χ1v) is 3.84. The smallest absolute Gasteiger partial charge is 0.267 e. The van der Waals surface area contributed by atoms with Gasteiger partial charge in [-0.3, -0.25) is 10.2 Å². The fraction of sp³-hybridized carbons (Fsp3) is 0. The van der Waals surface area contributed by atoms with E-state index in [1.807, 2.05) is 0 Å². The number of amides is 1. The molecule has 5 N–H and O–H groups in total. The van der Waals surface area contributed by atoms with Gasteiger partial charge in [-0.05, 0) is 18.2 Å². The van der Waals surface area contributed by atoms with E-state index < -0.39 is 5.91 Å². The standard InChI is InChI=1S/C8H8ClN3O/c9-4-1-2-6(10)5(3-4)7(11)8(12)13/h1-3,11H,10H2,(H2,12,13). The van der Waals surface area contributed by atoms with Crippen molar-refractivity contribution in [3.63, 3.8) is 0 Å². The molecule has 0 unspecified atom stereocenters. The second kappa shape index (κ2) is 3.45. The normalized spacial score (nSPS) is 9.62. The first-order valence-electron chi connectivity index (χ1n) is 3.46. The number of primary amides is 1. The molecule has 5 heteroatoms. The Hall–Kier alpha value is -1.55. The number of nitrogens with one attached hydrogen (secondary N) is 1. The first-order chi connectivity index (χ1) is 6.02. The van der Waals surface area contributed by atoms with Crippen LogP contribution >= 0.6 is 11.6 Å². The molecular formula is C8H8ClN3O. The van der Waals surface area contributed by atoms with E-state index in [4.69, 9.17) is 28.5 Å². The van der Waals surface area contributed by atoms with E-state index >= 15 is 0 Å². The highest BCUT2D eigenvalue weighted by Gasteiger charge is 2.11. The lowest BCUT2D eigenvalue weighted by atomic mass is 10.1. The van der Waals surface area contributed by atoms with Gasteiger partial charge in [0.05, 0.1) is 0 Å². The molecule has 0 bridgehead atoms. The first kappa shape index (κ1) is 9.54. The molecule has 1 aromatic rings. The van der Waals surface area contributed by atoms with E-state index in [0.717, 1.165) is 0 Å². The van der Waals surface area contributed by atoms with Gasteiger partial charge < -0.3 is 11.5 Å². The third-order valence-electron chi connectivity index (χ3n) is 1.53. The molecule has 1 rings (SSSR count). The van der Waals surface area contributed by atoms with Crippen LogP contribution < -0.4 is 11.5 Å². The highest BCUT2D eigenvalue weighted by atomic mass is 35.5. The van der Waals surface area contributed by atoms with E-state index in [9.17, 15) is 4.79 Å². The van der Waals surface area contributed by atoms with E-state index in [1.165, 1.54) is 12.1 Å². The van der Waals surface area contributed by atoms with Crippen LogP contribution in [-0.4, -0.2) is 11.6 Å². The van der Waals surface area contributed by atoms with Crippen molar-refractivity contribution in [1.29, 1.82) is 5.41 Å². The zero-order valence-corrected chi connectivity index (χ0v) is 7.43. The SMILES string of the molecule is N=C(C(N)=O)c1cc(Cl)ccc1N. The van der Waals surface area contributed by atoms with Crippen LogP contribution in [-0.2, 0) is 4.79 Å². The van der Waals surface area contributed by atoms with Gasteiger partial charge in [-0.15, -0.1) is 0 Å².